The maximum atomic E-state index is 12.4. The van der Waals surface area contributed by atoms with Crippen LogP contribution in [0.15, 0.2) is 34.9 Å². The topological polar surface area (TPSA) is 67.2 Å². The summed E-state index contributed by atoms with van der Waals surface area (Å²) in [5, 5.41) is 6.40. The van der Waals surface area contributed by atoms with E-state index in [0.717, 1.165) is 36.0 Å². The fourth-order valence-electron chi connectivity index (χ4n) is 3.74. The lowest BCUT2D eigenvalue weighted by Gasteiger charge is -2.27. The van der Waals surface area contributed by atoms with Crippen molar-refractivity contribution in [2.45, 2.75) is 44.9 Å². The summed E-state index contributed by atoms with van der Waals surface area (Å²) in [5.74, 6) is 3.33. The molecule has 0 radical (unpaired) electrons. The van der Waals surface area contributed by atoms with Gasteiger partial charge in [0.25, 0.3) is 0 Å². The average molecular weight is 390 g/mol. The smallest absolute Gasteiger partial charge is 0.224 e. The molecule has 6 heteroatoms. The maximum Gasteiger partial charge on any atom is 0.224 e. The highest BCUT2D eigenvalue weighted by Gasteiger charge is 2.28. The molecule has 2 fully saturated rings. The molecule has 2 aliphatic rings. The molecule has 2 aromatic rings. The first kappa shape index (κ1) is 19.9. The zero-order chi connectivity index (χ0) is 17.9. The van der Waals surface area contributed by atoms with Crippen molar-refractivity contribution in [3.05, 3.63) is 36.4 Å². The molecule has 1 amide bonds. The molecule has 146 valence electrons. The average Bonchev–Trinajstić information content (AvgIpc) is 3.40. The fraction of sp³-hybridized carbons (Fsp3) is 0.524. The number of carbonyl (C=O) groups excluding carboxylic acids is 1. The molecule has 1 atom stereocenters. The third-order valence-electron chi connectivity index (χ3n) is 5.60. The zero-order valence-corrected chi connectivity index (χ0v) is 16.6. The van der Waals surface area contributed by atoms with Crippen molar-refractivity contribution in [1.82, 2.24) is 10.3 Å². The van der Waals surface area contributed by atoms with Gasteiger partial charge < -0.3 is 15.1 Å². The number of nitrogens with zero attached hydrogens (tertiary/aromatic N) is 1. The normalized spacial score (nSPS) is 18.6. The van der Waals surface area contributed by atoms with Gasteiger partial charge in [0.2, 0.25) is 5.91 Å². The summed E-state index contributed by atoms with van der Waals surface area (Å²) in [7, 11) is 0. The largest absolute Gasteiger partial charge is 0.440 e. The SMILES string of the molecule is CC(CC(=O)Nc1ccc(-c2cnc(C3CC3)o2)cc1)C1CCNCC1.Cl. The fourth-order valence-corrected chi connectivity index (χ4v) is 3.74. The summed E-state index contributed by atoms with van der Waals surface area (Å²) in [5.41, 5.74) is 1.82. The van der Waals surface area contributed by atoms with Crippen molar-refractivity contribution in [2.75, 3.05) is 18.4 Å². The van der Waals surface area contributed by atoms with E-state index in [0.29, 0.717) is 24.2 Å². The number of hydrogen-bond acceptors (Lipinski definition) is 4. The molecule has 4 rings (SSSR count). The predicted octanol–water partition coefficient (Wildman–Crippen LogP) is 4.61. The van der Waals surface area contributed by atoms with Crippen molar-refractivity contribution >= 4 is 24.0 Å². The van der Waals surface area contributed by atoms with Gasteiger partial charge in [0.15, 0.2) is 11.7 Å². The second-order valence-electron chi connectivity index (χ2n) is 7.73. The van der Waals surface area contributed by atoms with E-state index in [-0.39, 0.29) is 18.3 Å². The first-order chi connectivity index (χ1) is 12.7. The van der Waals surface area contributed by atoms with Gasteiger partial charge in [-0.25, -0.2) is 4.98 Å². The predicted molar refractivity (Wildman–Crippen MR) is 109 cm³/mol. The van der Waals surface area contributed by atoms with E-state index < -0.39 is 0 Å². The number of benzene rings is 1. The van der Waals surface area contributed by atoms with Crippen molar-refractivity contribution in [3.63, 3.8) is 0 Å². The minimum atomic E-state index is 0. The second-order valence-corrected chi connectivity index (χ2v) is 7.73. The molecule has 0 spiro atoms. The van der Waals surface area contributed by atoms with E-state index in [2.05, 4.69) is 22.5 Å². The van der Waals surface area contributed by atoms with Crippen LogP contribution in [0.25, 0.3) is 11.3 Å². The Balaban J connectivity index is 0.00000210. The van der Waals surface area contributed by atoms with Crippen LogP contribution in [0.2, 0.25) is 0 Å². The highest BCUT2D eigenvalue weighted by molar-refractivity contribution is 5.91. The summed E-state index contributed by atoms with van der Waals surface area (Å²) >= 11 is 0. The number of hydrogen-bond donors (Lipinski definition) is 2. The summed E-state index contributed by atoms with van der Waals surface area (Å²) in [6.45, 7) is 4.34. The Hall–Kier alpha value is -1.85. The van der Waals surface area contributed by atoms with E-state index in [9.17, 15) is 4.79 Å². The number of aromatic nitrogens is 1. The number of halogens is 1. The van der Waals surface area contributed by atoms with Crippen LogP contribution in [0.4, 0.5) is 5.69 Å². The number of anilines is 1. The third kappa shape index (κ3) is 5.11. The number of oxazole rings is 1. The Morgan fingerprint density at radius 2 is 1.93 bits per heavy atom. The second kappa shape index (κ2) is 8.89. The summed E-state index contributed by atoms with van der Waals surface area (Å²) in [4.78, 5) is 16.7. The molecule has 2 N–H and O–H groups in total. The van der Waals surface area contributed by atoms with Gasteiger partial charge in [-0.05, 0) is 74.9 Å². The van der Waals surface area contributed by atoms with Crippen LogP contribution in [-0.4, -0.2) is 24.0 Å². The zero-order valence-electron chi connectivity index (χ0n) is 15.7. The van der Waals surface area contributed by atoms with Crippen LogP contribution in [0.1, 0.15) is 50.8 Å². The Morgan fingerprint density at radius 3 is 2.59 bits per heavy atom. The van der Waals surface area contributed by atoms with Crippen LogP contribution >= 0.6 is 12.4 Å². The molecule has 5 nitrogen and oxygen atoms in total. The first-order valence-corrected chi connectivity index (χ1v) is 9.76. The summed E-state index contributed by atoms with van der Waals surface area (Å²) in [6, 6.07) is 7.82. The van der Waals surface area contributed by atoms with Crippen molar-refractivity contribution in [1.29, 1.82) is 0 Å². The van der Waals surface area contributed by atoms with Gasteiger partial charge in [-0.15, -0.1) is 12.4 Å². The Labute approximate surface area is 166 Å². The Kier molecular flexibility index (Phi) is 6.55. The number of piperidine rings is 1. The molecule has 1 aromatic carbocycles. The van der Waals surface area contributed by atoms with E-state index >= 15 is 0 Å². The summed E-state index contributed by atoms with van der Waals surface area (Å²) in [6.07, 6.45) is 7.08. The van der Waals surface area contributed by atoms with E-state index in [1.54, 1.807) is 6.20 Å². The molecule has 1 aliphatic carbocycles. The van der Waals surface area contributed by atoms with Crippen LogP contribution in [-0.2, 0) is 4.79 Å². The highest BCUT2D eigenvalue weighted by atomic mass is 35.5. The van der Waals surface area contributed by atoms with Crippen molar-refractivity contribution in [2.24, 2.45) is 11.8 Å². The number of amides is 1. The highest BCUT2D eigenvalue weighted by Crippen LogP contribution is 2.40. The monoisotopic (exact) mass is 389 g/mol. The molecule has 1 aliphatic heterocycles. The van der Waals surface area contributed by atoms with Gasteiger partial charge in [-0.3, -0.25) is 4.79 Å². The molecule has 1 aromatic heterocycles. The molecular formula is C21H28ClN3O2. The van der Waals surface area contributed by atoms with Crippen LogP contribution in [0.3, 0.4) is 0 Å². The van der Waals surface area contributed by atoms with Gasteiger partial charge in [-0.1, -0.05) is 6.92 Å². The number of rotatable bonds is 6. The Morgan fingerprint density at radius 1 is 1.22 bits per heavy atom. The van der Waals surface area contributed by atoms with Gasteiger partial charge in [0.1, 0.15) is 0 Å². The maximum absolute atomic E-state index is 12.4. The van der Waals surface area contributed by atoms with E-state index in [1.807, 2.05) is 24.3 Å². The number of carbonyl (C=O) groups is 1. The van der Waals surface area contributed by atoms with Crippen molar-refractivity contribution in [3.8, 4) is 11.3 Å². The van der Waals surface area contributed by atoms with E-state index in [4.69, 9.17) is 4.42 Å². The molecule has 1 saturated carbocycles. The van der Waals surface area contributed by atoms with Crippen LogP contribution < -0.4 is 10.6 Å². The van der Waals surface area contributed by atoms with Crippen molar-refractivity contribution < 1.29 is 9.21 Å². The molecule has 27 heavy (non-hydrogen) atoms. The molecule has 0 bridgehead atoms. The van der Waals surface area contributed by atoms with Gasteiger partial charge in [0.05, 0.1) is 6.20 Å². The first-order valence-electron chi connectivity index (χ1n) is 9.76. The third-order valence-corrected chi connectivity index (χ3v) is 5.60. The molecule has 2 heterocycles. The molecule has 1 saturated heterocycles. The molecular weight excluding hydrogens is 362 g/mol. The van der Waals surface area contributed by atoms with Gasteiger partial charge >= 0.3 is 0 Å². The lowest BCUT2D eigenvalue weighted by Crippen LogP contribution is -2.32. The lowest BCUT2D eigenvalue weighted by molar-refractivity contribution is -0.117. The van der Waals surface area contributed by atoms with Crippen LogP contribution in [0, 0.1) is 11.8 Å². The standard InChI is InChI=1S/C21H27N3O2.ClH/c1-14(15-8-10-22-11-9-15)12-20(25)24-18-6-4-16(5-7-18)19-13-23-21(26-19)17-2-3-17;/h4-7,13-15,17,22H,2-3,8-12H2,1H3,(H,24,25);1H. The van der Waals surface area contributed by atoms with E-state index in [1.165, 1.54) is 25.7 Å². The number of nitrogens with one attached hydrogen (secondary N) is 2. The lowest BCUT2D eigenvalue weighted by atomic mass is 9.84. The Bertz CT molecular complexity index is 749. The quantitative estimate of drug-likeness (QED) is 0.757. The minimum absolute atomic E-state index is 0. The summed E-state index contributed by atoms with van der Waals surface area (Å²) < 4.78 is 5.83. The minimum Gasteiger partial charge on any atom is -0.440 e. The van der Waals surface area contributed by atoms with Gasteiger partial charge in [0, 0.05) is 23.6 Å². The van der Waals surface area contributed by atoms with Gasteiger partial charge in [-0.2, -0.15) is 0 Å². The van der Waals surface area contributed by atoms with Crippen LogP contribution in [0.5, 0.6) is 0 Å². The molecule has 1 unspecified atom stereocenters.